The highest BCUT2D eigenvalue weighted by Gasteiger charge is 2.27. The van der Waals surface area contributed by atoms with Crippen molar-refractivity contribution in [2.75, 3.05) is 11.9 Å². The molecular weight excluding hydrogens is 336 g/mol. The van der Waals surface area contributed by atoms with E-state index in [9.17, 15) is 4.79 Å². The van der Waals surface area contributed by atoms with Crippen molar-refractivity contribution < 1.29 is 4.79 Å². The summed E-state index contributed by atoms with van der Waals surface area (Å²) in [7, 11) is 0. The molecule has 25 heavy (non-hydrogen) atoms. The van der Waals surface area contributed by atoms with Gasteiger partial charge in [-0.25, -0.2) is 9.97 Å². The Morgan fingerprint density at radius 2 is 2.16 bits per heavy atom. The van der Waals surface area contributed by atoms with E-state index in [1.807, 2.05) is 30.0 Å². The van der Waals surface area contributed by atoms with E-state index in [2.05, 4.69) is 22.2 Å². The quantitative estimate of drug-likeness (QED) is 0.868. The Bertz CT molecular complexity index is 765. The van der Waals surface area contributed by atoms with Crippen LogP contribution in [0.1, 0.15) is 48.7 Å². The van der Waals surface area contributed by atoms with Crippen molar-refractivity contribution in [3.8, 4) is 0 Å². The number of likely N-dealkylation sites (tertiary alicyclic amines) is 1. The lowest BCUT2D eigenvalue weighted by atomic mass is 9.99. The minimum atomic E-state index is -0.00942. The number of amides is 1. The number of hydrogen-bond acceptors (Lipinski definition) is 4. The number of nitrogens with zero attached hydrogens (tertiary/aromatic N) is 3. The van der Waals surface area contributed by atoms with Gasteiger partial charge in [-0.05, 0) is 56.4 Å². The number of benzene rings is 1. The highest BCUT2D eigenvalue weighted by Crippen LogP contribution is 2.24. The van der Waals surface area contributed by atoms with Gasteiger partial charge in [-0.15, -0.1) is 0 Å². The third-order valence-electron chi connectivity index (χ3n) is 4.70. The molecule has 1 N–H and O–H groups in total. The van der Waals surface area contributed by atoms with E-state index in [1.54, 1.807) is 6.07 Å². The summed E-state index contributed by atoms with van der Waals surface area (Å²) in [6.07, 6.45) is 5.73. The zero-order chi connectivity index (χ0) is 17.8. The second-order valence-corrected chi connectivity index (χ2v) is 6.87. The molecule has 0 saturated carbocycles. The molecule has 132 valence electrons. The first-order chi connectivity index (χ1) is 12.1. The molecule has 5 nitrogen and oxygen atoms in total. The first-order valence-corrected chi connectivity index (χ1v) is 9.12. The van der Waals surface area contributed by atoms with Gasteiger partial charge in [0.25, 0.3) is 5.91 Å². The Kier molecular flexibility index (Phi) is 5.53. The van der Waals surface area contributed by atoms with Gasteiger partial charge in [0.1, 0.15) is 17.8 Å². The lowest BCUT2D eigenvalue weighted by molar-refractivity contribution is 0.0602. The van der Waals surface area contributed by atoms with E-state index in [0.29, 0.717) is 22.6 Å². The number of rotatable bonds is 4. The van der Waals surface area contributed by atoms with Gasteiger partial charge in [-0.1, -0.05) is 18.5 Å². The number of aryl methyl sites for hydroxylation is 1. The largest absolute Gasteiger partial charge is 0.340 e. The first-order valence-electron chi connectivity index (χ1n) is 8.74. The molecule has 6 heteroatoms. The lowest BCUT2D eigenvalue weighted by Crippen LogP contribution is -2.43. The van der Waals surface area contributed by atoms with Gasteiger partial charge in [0.2, 0.25) is 0 Å². The summed E-state index contributed by atoms with van der Waals surface area (Å²) in [6, 6.07) is 7.64. The fourth-order valence-corrected chi connectivity index (χ4v) is 3.51. The first kappa shape index (κ1) is 17.7. The molecular formula is C19H23ClN4O. The number of carbonyl (C=O) groups is 1. The van der Waals surface area contributed by atoms with E-state index in [-0.39, 0.29) is 5.91 Å². The standard InChI is InChI=1S/C19H23ClN4O/c1-3-15-6-4-5-9-24(15)19(25)17-11-18(22-12-21-17)23-16-8-7-14(20)10-13(16)2/h7-8,10-12,15H,3-6,9H2,1-2H3,(H,21,22,23). The van der Waals surface area contributed by atoms with E-state index >= 15 is 0 Å². The summed E-state index contributed by atoms with van der Waals surface area (Å²) < 4.78 is 0. The summed E-state index contributed by atoms with van der Waals surface area (Å²) in [6.45, 7) is 4.91. The predicted molar refractivity (Wildman–Crippen MR) is 100 cm³/mol. The highest BCUT2D eigenvalue weighted by molar-refractivity contribution is 6.30. The van der Waals surface area contributed by atoms with Crippen LogP contribution in [0.3, 0.4) is 0 Å². The Hall–Kier alpha value is -2.14. The van der Waals surface area contributed by atoms with E-state index in [4.69, 9.17) is 11.6 Å². The number of halogens is 1. The Morgan fingerprint density at radius 1 is 1.32 bits per heavy atom. The predicted octanol–water partition coefficient (Wildman–Crippen LogP) is 4.59. The van der Waals surface area contributed by atoms with Crippen molar-refractivity contribution in [3.05, 3.63) is 46.9 Å². The molecule has 1 aliphatic heterocycles. The van der Waals surface area contributed by atoms with Gasteiger partial charge >= 0.3 is 0 Å². The van der Waals surface area contributed by atoms with Crippen LogP contribution in [-0.2, 0) is 0 Å². The molecule has 1 fully saturated rings. The molecule has 2 heterocycles. The molecule has 0 spiro atoms. The molecule has 2 aromatic rings. The Labute approximate surface area is 153 Å². The fourth-order valence-electron chi connectivity index (χ4n) is 3.29. The minimum Gasteiger partial charge on any atom is -0.340 e. The average molecular weight is 359 g/mol. The average Bonchev–Trinajstić information content (AvgIpc) is 2.63. The molecule has 1 aromatic carbocycles. The maximum atomic E-state index is 12.9. The van der Waals surface area contributed by atoms with Crippen LogP contribution in [0.4, 0.5) is 11.5 Å². The molecule has 1 atom stereocenters. The third kappa shape index (κ3) is 4.10. The molecule has 0 bridgehead atoms. The SMILES string of the molecule is CCC1CCCCN1C(=O)c1cc(Nc2ccc(Cl)cc2C)ncn1. The molecule has 1 aliphatic rings. The summed E-state index contributed by atoms with van der Waals surface area (Å²) >= 11 is 6.00. The van der Waals surface area contributed by atoms with Crippen molar-refractivity contribution in [1.29, 1.82) is 0 Å². The molecule has 1 amide bonds. The van der Waals surface area contributed by atoms with E-state index < -0.39 is 0 Å². The van der Waals surface area contributed by atoms with E-state index in [0.717, 1.165) is 37.1 Å². The fraction of sp³-hybridized carbons (Fsp3) is 0.421. The van der Waals surface area contributed by atoms with Crippen LogP contribution >= 0.6 is 11.6 Å². The number of anilines is 2. The van der Waals surface area contributed by atoms with Crippen molar-refractivity contribution >= 4 is 29.0 Å². The summed E-state index contributed by atoms with van der Waals surface area (Å²) in [5.41, 5.74) is 2.36. The number of aromatic nitrogens is 2. The smallest absolute Gasteiger partial charge is 0.272 e. The van der Waals surface area contributed by atoms with Crippen molar-refractivity contribution in [3.63, 3.8) is 0 Å². The molecule has 3 rings (SSSR count). The third-order valence-corrected chi connectivity index (χ3v) is 4.93. The van der Waals surface area contributed by atoms with Crippen LogP contribution in [0.5, 0.6) is 0 Å². The van der Waals surface area contributed by atoms with Crippen LogP contribution in [0, 0.1) is 6.92 Å². The number of hydrogen-bond donors (Lipinski definition) is 1. The van der Waals surface area contributed by atoms with Crippen molar-refractivity contribution in [2.45, 2.75) is 45.6 Å². The normalized spacial score (nSPS) is 17.4. The van der Waals surface area contributed by atoms with Gasteiger partial charge in [0.05, 0.1) is 0 Å². The zero-order valence-corrected chi connectivity index (χ0v) is 15.4. The van der Waals surface area contributed by atoms with Gasteiger partial charge in [-0.3, -0.25) is 4.79 Å². The second-order valence-electron chi connectivity index (χ2n) is 6.43. The number of nitrogens with one attached hydrogen (secondary N) is 1. The minimum absolute atomic E-state index is 0.00942. The van der Waals surface area contributed by atoms with Gasteiger partial charge in [0, 0.05) is 29.4 Å². The van der Waals surface area contributed by atoms with Crippen molar-refractivity contribution in [2.24, 2.45) is 0 Å². The molecule has 0 radical (unpaired) electrons. The summed E-state index contributed by atoms with van der Waals surface area (Å²) in [5, 5.41) is 3.93. The summed E-state index contributed by atoms with van der Waals surface area (Å²) in [5.74, 6) is 0.596. The van der Waals surface area contributed by atoms with Gasteiger partial charge in [0.15, 0.2) is 0 Å². The second kappa shape index (κ2) is 7.83. The van der Waals surface area contributed by atoms with Gasteiger partial charge < -0.3 is 10.2 Å². The Morgan fingerprint density at radius 3 is 2.92 bits per heavy atom. The van der Waals surface area contributed by atoms with Gasteiger partial charge in [-0.2, -0.15) is 0 Å². The molecule has 0 aliphatic carbocycles. The molecule has 1 saturated heterocycles. The highest BCUT2D eigenvalue weighted by atomic mass is 35.5. The van der Waals surface area contributed by atoms with Crippen LogP contribution < -0.4 is 5.32 Å². The van der Waals surface area contributed by atoms with Crippen LogP contribution in [0.2, 0.25) is 5.02 Å². The van der Waals surface area contributed by atoms with Crippen molar-refractivity contribution in [1.82, 2.24) is 14.9 Å². The summed E-state index contributed by atoms with van der Waals surface area (Å²) in [4.78, 5) is 23.3. The zero-order valence-electron chi connectivity index (χ0n) is 14.6. The Balaban J connectivity index is 1.80. The molecule has 1 unspecified atom stereocenters. The number of piperidine rings is 1. The molecule has 1 aromatic heterocycles. The van der Waals surface area contributed by atoms with E-state index in [1.165, 1.54) is 12.7 Å². The monoisotopic (exact) mass is 358 g/mol. The lowest BCUT2D eigenvalue weighted by Gasteiger charge is -2.35. The maximum absolute atomic E-state index is 12.9. The van der Waals surface area contributed by atoms with Crippen LogP contribution in [-0.4, -0.2) is 33.4 Å². The maximum Gasteiger partial charge on any atom is 0.272 e. The van der Waals surface area contributed by atoms with Crippen LogP contribution in [0.25, 0.3) is 0 Å². The number of carbonyl (C=O) groups excluding carboxylic acids is 1. The van der Waals surface area contributed by atoms with Crippen LogP contribution in [0.15, 0.2) is 30.6 Å². The topological polar surface area (TPSA) is 58.1 Å².